The number of hydrogen-bond acceptors (Lipinski definition) is 4. The van der Waals surface area contributed by atoms with Crippen molar-refractivity contribution in [1.29, 1.82) is 0 Å². The molecule has 0 saturated heterocycles. The summed E-state index contributed by atoms with van der Waals surface area (Å²) in [7, 11) is 0. The molecule has 2 aromatic heterocycles. The van der Waals surface area contributed by atoms with Crippen molar-refractivity contribution in [3.05, 3.63) is 76.1 Å². The largest absolute Gasteiger partial charge is 0.467 e. The van der Waals surface area contributed by atoms with Crippen molar-refractivity contribution >= 4 is 28.8 Å². The lowest BCUT2D eigenvalue weighted by atomic mass is 10.1. The molecule has 0 spiro atoms. The average molecular weight is 372 g/mol. The maximum Gasteiger partial charge on any atom is 0.257 e. The van der Waals surface area contributed by atoms with Crippen LogP contribution in [-0.2, 0) is 17.9 Å². The average Bonchev–Trinajstić information content (AvgIpc) is 3.29. The summed E-state index contributed by atoms with van der Waals surface area (Å²) in [4.78, 5) is 26.7. The van der Waals surface area contributed by atoms with E-state index in [4.69, 9.17) is 4.42 Å². The molecule has 3 rings (SSSR count). The summed E-state index contributed by atoms with van der Waals surface area (Å²) >= 11 is 1.52. The summed E-state index contributed by atoms with van der Waals surface area (Å²) in [6.07, 6.45) is 1.53. The summed E-state index contributed by atoms with van der Waals surface area (Å²) in [6.45, 7) is 1.90. The number of furan rings is 1. The van der Waals surface area contributed by atoms with Gasteiger partial charge in [-0.1, -0.05) is 6.07 Å². The summed E-state index contributed by atoms with van der Waals surface area (Å²) in [6, 6.07) is 11.3. The zero-order valence-corrected chi connectivity index (χ0v) is 14.9. The van der Waals surface area contributed by atoms with Crippen LogP contribution in [-0.4, -0.2) is 16.7 Å². The van der Waals surface area contributed by atoms with E-state index in [9.17, 15) is 14.0 Å². The number of carbonyl (C=O) groups is 2. The highest BCUT2D eigenvalue weighted by Gasteiger charge is 2.22. The molecule has 1 aromatic carbocycles. The Hall–Kier alpha value is -2.93. The maximum atomic E-state index is 14.3. The van der Waals surface area contributed by atoms with E-state index in [1.54, 1.807) is 12.1 Å². The molecule has 0 aliphatic carbocycles. The highest BCUT2D eigenvalue weighted by molar-refractivity contribution is 7.09. The van der Waals surface area contributed by atoms with Crippen molar-refractivity contribution < 1.29 is 18.4 Å². The third-order valence-corrected chi connectivity index (χ3v) is 4.52. The topological polar surface area (TPSA) is 62.6 Å². The number of nitrogens with zero attached hydrogens (tertiary/aromatic N) is 1. The standard InChI is InChI=1S/C19H17FN2O3S/c1-13(23)21-14-6-7-18(20)17(10-14)19(24)22(11-15-4-2-8-25-15)12-16-5-3-9-26-16/h2-10H,11-12H2,1H3,(H,21,23). The lowest BCUT2D eigenvalue weighted by molar-refractivity contribution is -0.114. The van der Waals surface area contributed by atoms with Crippen LogP contribution in [0, 0.1) is 5.82 Å². The number of carbonyl (C=O) groups excluding carboxylic acids is 2. The quantitative estimate of drug-likeness (QED) is 0.702. The predicted octanol–water partition coefficient (Wildman–Crippen LogP) is 4.28. The Kier molecular flexibility index (Phi) is 5.48. The van der Waals surface area contributed by atoms with Gasteiger partial charge in [0.1, 0.15) is 11.6 Å². The van der Waals surface area contributed by atoms with Crippen molar-refractivity contribution in [3.63, 3.8) is 0 Å². The molecule has 0 unspecified atom stereocenters. The zero-order chi connectivity index (χ0) is 18.5. The van der Waals surface area contributed by atoms with Crippen molar-refractivity contribution in [1.82, 2.24) is 4.90 Å². The van der Waals surface area contributed by atoms with E-state index in [1.165, 1.54) is 47.6 Å². The Bertz CT molecular complexity index is 855. The van der Waals surface area contributed by atoms with Gasteiger partial charge in [0.15, 0.2) is 0 Å². The van der Waals surface area contributed by atoms with Gasteiger partial charge in [-0.05, 0) is 41.8 Å². The Morgan fingerprint density at radius 2 is 2.04 bits per heavy atom. The molecule has 7 heteroatoms. The molecular weight excluding hydrogens is 355 g/mol. The summed E-state index contributed by atoms with van der Waals surface area (Å²) in [5.41, 5.74) is 0.274. The highest BCUT2D eigenvalue weighted by atomic mass is 32.1. The van der Waals surface area contributed by atoms with Crippen LogP contribution in [0.3, 0.4) is 0 Å². The van der Waals surface area contributed by atoms with E-state index < -0.39 is 11.7 Å². The van der Waals surface area contributed by atoms with Gasteiger partial charge in [-0.15, -0.1) is 11.3 Å². The Labute approximate surface area is 154 Å². The van der Waals surface area contributed by atoms with Gasteiger partial charge >= 0.3 is 0 Å². The number of thiophene rings is 1. The zero-order valence-electron chi connectivity index (χ0n) is 14.1. The first-order valence-corrected chi connectivity index (χ1v) is 8.82. The molecule has 0 radical (unpaired) electrons. The van der Waals surface area contributed by atoms with Crippen LogP contribution in [0.1, 0.15) is 27.9 Å². The molecule has 5 nitrogen and oxygen atoms in total. The minimum absolute atomic E-state index is 0.0978. The van der Waals surface area contributed by atoms with Crippen LogP contribution in [0.25, 0.3) is 0 Å². The molecule has 0 bridgehead atoms. The fourth-order valence-electron chi connectivity index (χ4n) is 2.52. The first-order valence-electron chi connectivity index (χ1n) is 7.94. The summed E-state index contributed by atoms with van der Waals surface area (Å²) in [5.74, 6) is -0.798. The Balaban J connectivity index is 1.89. The SMILES string of the molecule is CC(=O)Nc1ccc(F)c(C(=O)N(Cc2ccco2)Cc2cccs2)c1. The molecule has 2 amide bonds. The van der Waals surface area contributed by atoms with Crippen molar-refractivity contribution in [2.24, 2.45) is 0 Å². The van der Waals surface area contributed by atoms with Gasteiger partial charge in [0, 0.05) is 17.5 Å². The molecule has 0 aliphatic heterocycles. The second-order valence-corrected chi connectivity index (χ2v) is 6.73. The molecule has 0 saturated carbocycles. The van der Waals surface area contributed by atoms with Crippen LogP contribution in [0.5, 0.6) is 0 Å². The van der Waals surface area contributed by atoms with Gasteiger partial charge < -0.3 is 14.6 Å². The van der Waals surface area contributed by atoms with Crippen LogP contribution >= 0.6 is 11.3 Å². The third-order valence-electron chi connectivity index (χ3n) is 3.66. The molecular formula is C19H17FN2O3S. The van der Waals surface area contributed by atoms with Gasteiger partial charge in [-0.25, -0.2) is 4.39 Å². The van der Waals surface area contributed by atoms with Gasteiger partial charge in [-0.2, -0.15) is 0 Å². The predicted molar refractivity (Wildman–Crippen MR) is 97.3 cm³/mol. The summed E-state index contributed by atoms with van der Waals surface area (Å²) in [5, 5.41) is 4.48. The maximum absolute atomic E-state index is 14.3. The molecule has 134 valence electrons. The lowest BCUT2D eigenvalue weighted by Crippen LogP contribution is -2.30. The van der Waals surface area contributed by atoms with E-state index in [1.807, 2.05) is 17.5 Å². The number of rotatable bonds is 6. The number of amides is 2. The monoisotopic (exact) mass is 372 g/mol. The fourth-order valence-corrected chi connectivity index (χ4v) is 3.24. The molecule has 0 atom stereocenters. The number of anilines is 1. The highest BCUT2D eigenvalue weighted by Crippen LogP contribution is 2.21. The second kappa shape index (κ2) is 7.97. The molecule has 26 heavy (non-hydrogen) atoms. The van der Waals surface area contributed by atoms with Crippen LogP contribution in [0.2, 0.25) is 0 Å². The minimum Gasteiger partial charge on any atom is -0.467 e. The van der Waals surface area contributed by atoms with Gasteiger partial charge in [-0.3, -0.25) is 9.59 Å². The van der Waals surface area contributed by atoms with Crippen LogP contribution in [0.15, 0.2) is 58.5 Å². The second-order valence-electron chi connectivity index (χ2n) is 5.70. The van der Waals surface area contributed by atoms with Gasteiger partial charge in [0.2, 0.25) is 5.91 Å². The molecule has 0 aliphatic rings. The first kappa shape index (κ1) is 17.9. The number of nitrogens with one attached hydrogen (secondary N) is 1. The van der Waals surface area contributed by atoms with E-state index in [0.717, 1.165) is 4.88 Å². The van der Waals surface area contributed by atoms with Crippen LogP contribution in [0.4, 0.5) is 10.1 Å². The van der Waals surface area contributed by atoms with Crippen LogP contribution < -0.4 is 5.32 Å². The van der Waals surface area contributed by atoms with Crippen molar-refractivity contribution in [2.45, 2.75) is 20.0 Å². The molecule has 1 N–H and O–H groups in total. The minimum atomic E-state index is -0.639. The number of benzene rings is 1. The normalized spacial score (nSPS) is 10.5. The van der Waals surface area contributed by atoms with Gasteiger partial charge in [0.05, 0.1) is 24.9 Å². The summed E-state index contributed by atoms with van der Waals surface area (Å²) < 4.78 is 19.6. The lowest BCUT2D eigenvalue weighted by Gasteiger charge is -2.22. The van der Waals surface area contributed by atoms with E-state index in [0.29, 0.717) is 18.0 Å². The number of hydrogen-bond donors (Lipinski definition) is 1. The molecule has 2 heterocycles. The van der Waals surface area contributed by atoms with Crippen molar-refractivity contribution in [2.75, 3.05) is 5.32 Å². The van der Waals surface area contributed by atoms with Crippen molar-refractivity contribution in [3.8, 4) is 0 Å². The molecule has 0 fully saturated rings. The smallest absolute Gasteiger partial charge is 0.257 e. The Morgan fingerprint density at radius 3 is 2.69 bits per heavy atom. The van der Waals surface area contributed by atoms with Gasteiger partial charge in [0.25, 0.3) is 5.91 Å². The van der Waals surface area contributed by atoms with E-state index >= 15 is 0 Å². The molecule has 3 aromatic rings. The fraction of sp³-hybridized carbons (Fsp3) is 0.158. The first-order chi connectivity index (χ1) is 12.5. The Morgan fingerprint density at radius 1 is 1.19 bits per heavy atom. The number of halogens is 1. The third kappa shape index (κ3) is 4.37. The van der Waals surface area contributed by atoms with E-state index in [-0.39, 0.29) is 18.0 Å². The van der Waals surface area contributed by atoms with E-state index in [2.05, 4.69) is 5.32 Å².